The molecule has 2 rings (SSSR count). The fourth-order valence-corrected chi connectivity index (χ4v) is 1.84. The van der Waals surface area contributed by atoms with Crippen molar-refractivity contribution in [2.24, 2.45) is 5.92 Å². The van der Waals surface area contributed by atoms with Gasteiger partial charge in [-0.15, -0.1) is 0 Å². The molecule has 15 heavy (non-hydrogen) atoms. The Balaban J connectivity index is 1.78. The van der Waals surface area contributed by atoms with Gasteiger partial charge in [0, 0.05) is 12.7 Å². The molecule has 0 aromatic carbocycles. The maximum atomic E-state index is 5.51. The molecule has 0 atom stereocenters. The Bertz CT molecular complexity index is 338. The van der Waals surface area contributed by atoms with Gasteiger partial charge in [-0.05, 0) is 34.7 Å². The average Bonchev–Trinajstić information content (AvgIpc) is 3.01. The standard InChI is InChI=1S/C10H15BrN4/c11-8-6-14-10(12)15-9(8)13-5-1-2-7-3-4-7/h6-7H,1-5H2,(H3,12,13,14,15). The van der Waals surface area contributed by atoms with Crippen molar-refractivity contribution in [1.29, 1.82) is 0 Å². The van der Waals surface area contributed by atoms with Crippen LogP contribution < -0.4 is 11.1 Å². The first-order valence-corrected chi connectivity index (χ1v) is 6.07. The van der Waals surface area contributed by atoms with Crippen LogP contribution in [0.25, 0.3) is 0 Å². The zero-order valence-electron chi connectivity index (χ0n) is 8.54. The van der Waals surface area contributed by atoms with E-state index in [0.29, 0.717) is 5.95 Å². The summed E-state index contributed by atoms with van der Waals surface area (Å²) in [5.74, 6) is 2.09. The lowest BCUT2D eigenvalue weighted by Crippen LogP contribution is -2.06. The van der Waals surface area contributed by atoms with Crippen molar-refractivity contribution in [2.45, 2.75) is 25.7 Å². The zero-order chi connectivity index (χ0) is 10.7. The molecule has 3 N–H and O–H groups in total. The van der Waals surface area contributed by atoms with E-state index in [1.54, 1.807) is 6.20 Å². The van der Waals surface area contributed by atoms with Crippen LogP contribution in [-0.2, 0) is 0 Å². The number of nitrogen functional groups attached to an aromatic ring is 1. The van der Waals surface area contributed by atoms with Crippen LogP contribution in [0.3, 0.4) is 0 Å². The maximum Gasteiger partial charge on any atom is 0.221 e. The van der Waals surface area contributed by atoms with Gasteiger partial charge in [0.1, 0.15) is 5.82 Å². The summed E-state index contributed by atoms with van der Waals surface area (Å²) in [6, 6.07) is 0. The van der Waals surface area contributed by atoms with Gasteiger partial charge < -0.3 is 11.1 Å². The van der Waals surface area contributed by atoms with Gasteiger partial charge in [-0.25, -0.2) is 4.98 Å². The van der Waals surface area contributed by atoms with E-state index in [1.807, 2.05) is 0 Å². The van der Waals surface area contributed by atoms with Crippen LogP contribution in [0.4, 0.5) is 11.8 Å². The Labute approximate surface area is 97.8 Å². The molecule has 1 saturated carbocycles. The molecule has 1 fully saturated rings. The molecular weight excluding hydrogens is 256 g/mol. The average molecular weight is 271 g/mol. The summed E-state index contributed by atoms with van der Waals surface area (Å²) in [5.41, 5.74) is 5.51. The smallest absolute Gasteiger partial charge is 0.221 e. The maximum absolute atomic E-state index is 5.51. The first kappa shape index (κ1) is 10.7. The third-order valence-electron chi connectivity index (χ3n) is 2.54. The molecule has 1 aliphatic carbocycles. The number of hydrogen-bond acceptors (Lipinski definition) is 4. The molecule has 0 bridgehead atoms. The van der Waals surface area contributed by atoms with E-state index in [9.17, 15) is 0 Å². The number of aromatic nitrogens is 2. The molecule has 1 aromatic heterocycles. The van der Waals surface area contributed by atoms with E-state index in [1.165, 1.54) is 25.7 Å². The highest BCUT2D eigenvalue weighted by Gasteiger charge is 2.19. The minimum atomic E-state index is 0.308. The third-order valence-corrected chi connectivity index (χ3v) is 3.12. The molecule has 0 aliphatic heterocycles. The highest BCUT2D eigenvalue weighted by Crippen LogP contribution is 2.33. The van der Waals surface area contributed by atoms with Crippen LogP contribution in [0, 0.1) is 5.92 Å². The molecule has 4 nitrogen and oxygen atoms in total. The topological polar surface area (TPSA) is 63.8 Å². The monoisotopic (exact) mass is 270 g/mol. The summed E-state index contributed by atoms with van der Waals surface area (Å²) >= 11 is 3.38. The summed E-state index contributed by atoms with van der Waals surface area (Å²) in [4.78, 5) is 8.00. The molecule has 82 valence electrons. The van der Waals surface area contributed by atoms with E-state index >= 15 is 0 Å². The van der Waals surface area contributed by atoms with Crippen molar-refractivity contribution in [3.8, 4) is 0 Å². The Hall–Kier alpha value is -0.840. The van der Waals surface area contributed by atoms with Gasteiger partial charge in [-0.2, -0.15) is 4.98 Å². The van der Waals surface area contributed by atoms with Crippen molar-refractivity contribution in [3.63, 3.8) is 0 Å². The molecule has 1 aliphatic rings. The SMILES string of the molecule is Nc1ncc(Br)c(NCCCC2CC2)n1. The van der Waals surface area contributed by atoms with Gasteiger partial charge in [-0.3, -0.25) is 0 Å². The van der Waals surface area contributed by atoms with Crippen molar-refractivity contribution in [3.05, 3.63) is 10.7 Å². The summed E-state index contributed by atoms with van der Waals surface area (Å²) < 4.78 is 0.864. The second-order valence-electron chi connectivity index (χ2n) is 3.94. The number of nitrogens with zero attached hydrogens (tertiary/aromatic N) is 2. The predicted molar refractivity (Wildman–Crippen MR) is 64.6 cm³/mol. The quantitative estimate of drug-likeness (QED) is 0.807. The lowest BCUT2D eigenvalue weighted by molar-refractivity contribution is 0.686. The number of anilines is 2. The van der Waals surface area contributed by atoms with E-state index in [4.69, 9.17) is 5.73 Å². The normalized spacial score (nSPS) is 15.3. The van der Waals surface area contributed by atoms with Gasteiger partial charge in [-0.1, -0.05) is 12.8 Å². The number of rotatable bonds is 5. The highest BCUT2D eigenvalue weighted by molar-refractivity contribution is 9.10. The second kappa shape index (κ2) is 4.79. The molecule has 0 spiro atoms. The van der Waals surface area contributed by atoms with Gasteiger partial charge in [0.15, 0.2) is 0 Å². The van der Waals surface area contributed by atoms with Crippen molar-refractivity contribution >= 4 is 27.7 Å². The van der Waals surface area contributed by atoms with Gasteiger partial charge in [0.25, 0.3) is 0 Å². The third kappa shape index (κ3) is 3.34. The number of halogens is 1. The van der Waals surface area contributed by atoms with E-state index in [-0.39, 0.29) is 0 Å². The Morgan fingerprint density at radius 3 is 3.07 bits per heavy atom. The molecule has 1 aromatic rings. The van der Waals surface area contributed by atoms with Gasteiger partial charge in [0.05, 0.1) is 4.47 Å². The largest absolute Gasteiger partial charge is 0.369 e. The second-order valence-corrected chi connectivity index (χ2v) is 4.79. The van der Waals surface area contributed by atoms with Crippen molar-refractivity contribution in [2.75, 3.05) is 17.6 Å². The fourth-order valence-electron chi connectivity index (χ4n) is 1.51. The molecule has 1 heterocycles. The van der Waals surface area contributed by atoms with Crippen LogP contribution >= 0.6 is 15.9 Å². The van der Waals surface area contributed by atoms with E-state index < -0.39 is 0 Å². The van der Waals surface area contributed by atoms with Crippen LogP contribution in [0.2, 0.25) is 0 Å². The Morgan fingerprint density at radius 2 is 2.33 bits per heavy atom. The molecule has 0 radical (unpaired) electrons. The zero-order valence-corrected chi connectivity index (χ0v) is 10.1. The minimum absolute atomic E-state index is 0.308. The van der Waals surface area contributed by atoms with Gasteiger partial charge >= 0.3 is 0 Å². The lowest BCUT2D eigenvalue weighted by atomic mass is 10.2. The van der Waals surface area contributed by atoms with Crippen molar-refractivity contribution in [1.82, 2.24) is 9.97 Å². The molecule has 0 amide bonds. The summed E-state index contributed by atoms with van der Waals surface area (Å²) in [5, 5.41) is 3.26. The van der Waals surface area contributed by atoms with Crippen LogP contribution in [0.5, 0.6) is 0 Å². The minimum Gasteiger partial charge on any atom is -0.369 e. The molecule has 0 saturated heterocycles. The Kier molecular flexibility index (Phi) is 3.41. The molecule has 0 unspecified atom stereocenters. The van der Waals surface area contributed by atoms with Gasteiger partial charge in [0.2, 0.25) is 5.95 Å². The summed E-state index contributed by atoms with van der Waals surface area (Å²) in [6.07, 6.45) is 7.03. The number of nitrogens with two attached hydrogens (primary N) is 1. The highest BCUT2D eigenvalue weighted by atomic mass is 79.9. The van der Waals surface area contributed by atoms with Crippen LogP contribution in [0.1, 0.15) is 25.7 Å². The Morgan fingerprint density at radius 1 is 1.53 bits per heavy atom. The molecule has 5 heteroatoms. The van der Waals surface area contributed by atoms with E-state index in [2.05, 4.69) is 31.2 Å². The first-order chi connectivity index (χ1) is 7.25. The first-order valence-electron chi connectivity index (χ1n) is 5.27. The molecular formula is C10H15BrN4. The number of hydrogen-bond donors (Lipinski definition) is 2. The lowest BCUT2D eigenvalue weighted by Gasteiger charge is -2.07. The number of nitrogens with one attached hydrogen (secondary N) is 1. The van der Waals surface area contributed by atoms with Crippen LogP contribution in [-0.4, -0.2) is 16.5 Å². The fraction of sp³-hybridized carbons (Fsp3) is 0.600. The predicted octanol–water partition coefficient (Wildman–Crippen LogP) is 2.42. The summed E-state index contributed by atoms with van der Waals surface area (Å²) in [7, 11) is 0. The van der Waals surface area contributed by atoms with E-state index in [0.717, 1.165) is 22.8 Å². The van der Waals surface area contributed by atoms with Crippen molar-refractivity contribution < 1.29 is 0 Å². The summed E-state index contributed by atoms with van der Waals surface area (Å²) in [6.45, 7) is 0.950. The van der Waals surface area contributed by atoms with Crippen LogP contribution in [0.15, 0.2) is 10.7 Å².